The molecule has 0 aliphatic carbocycles. The molecule has 2 N–H and O–H groups in total. The number of hydrogen-bond donors (Lipinski definition) is 1. The van der Waals surface area contributed by atoms with E-state index in [9.17, 15) is 8.42 Å². The quantitative estimate of drug-likeness (QED) is 0.674. The minimum absolute atomic E-state index is 0.00583. The molecule has 1 unspecified atom stereocenters. The van der Waals surface area contributed by atoms with Crippen LogP contribution in [0.2, 0.25) is 0 Å². The van der Waals surface area contributed by atoms with E-state index in [1.165, 1.54) is 0 Å². The van der Waals surface area contributed by atoms with Crippen LogP contribution in [0.15, 0.2) is 24.3 Å². The van der Waals surface area contributed by atoms with Gasteiger partial charge in [-0.1, -0.05) is 38.8 Å². The van der Waals surface area contributed by atoms with Crippen LogP contribution in [0.4, 0.5) is 0 Å². The summed E-state index contributed by atoms with van der Waals surface area (Å²) in [4.78, 5) is 0. The molecule has 0 saturated heterocycles. The second kappa shape index (κ2) is 9.05. The molecule has 0 spiro atoms. The van der Waals surface area contributed by atoms with Crippen LogP contribution in [0.1, 0.15) is 51.1 Å². The Balaban J connectivity index is 2.56. The Morgan fingerprint density at radius 3 is 2.33 bits per heavy atom. The first-order valence-corrected chi connectivity index (χ1v) is 9.49. The van der Waals surface area contributed by atoms with Crippen molar-refractivity contribution >= 4 is 9.84 Å². The van der Waals surface area contributed by atoms with Crippen molar-refractivity contribution in [1.29, 1.82) is 0 Å². The molecule has 1 aromatic rings. The molecule has 0 amide bonds. The molecule has 0 radical (unpaired) electrons. The van der Waals surface area contributed by atoms with Gasteiger partial charge in [0.2, 0.25) is 0 Å². The highest BCUT2D eigenvalue weighted by Gasteiger charge is 2.17. The molecule has 1 aromatic carbocycles. The Morgan fingerprint density at radius 1 is 1.10 bits per heavy atom. The number of rotatable bonds is 10. The molecular weight excluding hydrogens is 286 g/mol. The normalized spacial score (nSPS) is 13.1. The summed E-state index contributed by atoms with van der Waals surface area (Å²) in [5.74, 6) is 1.02. The third-order valence-corrected chi connectivity index (χ3v) is 5.05. The van der Waals surface area contributed by atoms with Crippen LogP contribution in [0.25, 0.3) is 0 Å². The average molecular weight is 313 g/mol. The largest absolute Gasteiger partial charge is 0.494 e. The molecule has 0 bridgehead atoms. The molecule has 0 fully saturated rings. The zero-order valence-corrected chi connectivity index (χ0v) is 13.9. The van der Waals surface area contributed by atoms with Crippen LogP contribution in [-0.2, 0) is 9.84 Å². The van der Waals surface area contributed by atoms with Gasteiger partial charge in [-0.05, 0) is 30.5 Å². The summed E-state index contributed by atoms with van der Waals surface area (Å²) in [6.07, 6.45) is 3.63. The number of hydrogen-bond acceptors (Lipinski definition) is 4. The number of nitrogens with two attached hydrogens (primary N) is 1. The van der Waals surface area contributed by atoms with Gasteiger partial charge in [0.15, 0.2) is 9.84 Å². The lowest BCUT2D eigenvalue weighted by Gasteiger charge is -2.13. The Morgan fingerprint density at radius 2 is 1.76 bits per heavy atom. The van der Waals surface area contributed by atoms with E-state index in [-0.39, 0.29) is 11.5 Å². The smallest absolute Gasteiger partial charge is 0.152 e. The molecule has 21 heavy (non-hydrogen) atoms. The van der Waals surface area contributed by atoms with Crippen LogP contribution >= 0.6 is 0 Å². The average Bonchev–Trinajstić information content (AvgIpc) is 2.45. The summed E-state index contributed by atoms with van der Waals surface area (Å²) in [5, 5.41) is 0. The molecule has 0 aliphatic heterocycles. The van der Waals surface area contributed by atoms with Crippen LogP contribution in [0.5, 0.6) is 5.75 Å². The molecule has 1 rings (SSSR count). The van der Waals surface area contributed by atoms with E-state index in [1.807, 2.05) is 31.2 Å². The maximum absolute atomic E-state index is 12.0. The second-order valence-electron chi connectivity index (χ2n) is 5.35. The zero-order valence-electron chi connectivity index (χ0n) is 13.0. The van der Waals surface area contributed by atoms with Crippen molar-refractivity contribution in [1.82, 2.24) is 0 Å². The summed E-state index contributed by atoms with van der Waals surface area (Å²) in [6.45, 7) is 4.78. The highest BCUT2D eigenvalue weighted by Crippen LogP contribution is 2.18. The van der Waals surface area contributed by atoms with E-state index in [4.69, 9.17) is 10.5 Å². The van der Waals surface area contributed by atoms with Gasteiger partial charge in [0.05, 0.1) is 18.1 Å². The number of sulfone groups is 1. The van der Waals surface area contributed by atoms with Gasteiger partial charge in [-0.25, -0.2) is 8.42 Å². The topological polar surface area (TPSA) is 69.4 Å². The van der Waals surface area contributed by atoms with Crippen LogP contribution in [-0.4, -0.2) is 26.5 Å². The first kappa shape index (κ1) is 18.0. The van der Waals surface area contributed by atoms with Gasteiger partial charge in [0, 0.05) is 6.04 Å². The van der Waals surface area contributed by atoms with Gasteiger partial charge in [0.1, 0.15) is 5.75 Å². The number of unbranched alkanes of at least 4 members (excludes halogenated alkanes) is 2. The van der Waals surface area contributed by atoms with E-state index in [2.05, 4.69) is 6.92 Å². The van der Waals surface area contributed by atoms with Crippen LogP contribution in [0.3, 0.4) is 0 Å². The van der Waals surface area contributed by atoms with Crippen molar-refractivity contribution in [2.45, 2.75) is 45.6 Å². The first-order valence-electron chi connectivity index (χ1n) is 7.67. The third-order valence-electron chi connectivity index (χ3n) is 3.27. The molecule has 0 saturated carbocycles. The van der Waals surface area contributed by atoms with E-state index in [1.54, 1.807) is 0 Å². The molecule has 5 heteroatoms. The van der Waals surface area contributed by atoms with Gasteiger partial charge in [-0.3, -0.25) is 0 Å². The van der Waals surface area contributed by atoms with Gasteiger partial charge in [-0.2, -0.15) is 0 Å². The maximum Gasteiger partial charge on any atom is 0.152 e. The van der Waals surface area contributed by atoms with Crippen LogP contribution in [0, 0.1) is 0 Å². The Labute approximate surface area is 128 Å². The summed E-state index contributed by atoms with van der Waals surface area (Å²) in [5.41, 5.74) is 6.85. The Hall–Kier alpha value is -1.07. The molecule has 0 heterocycles. The summed E-state index contributed by atoms with van der Waals surface area (Å²) in [7, 11) is -3.08. The van der Waals surface area contributed by atoms with E-state index >= 15 is 0 Å². The minimum Gasteiger partial charge on any atom is -0.494 e. The second-order valence-corrected chi connectivity index (χ2v) is 7.57. The summed E-state index contributed by atoms with van der Waals surface area (Å²) in [6, 6.07) is 6.90. The van der Waals surface area contributed by atoms with E-state index in [0.717, 1.165) is 37.0 Å². The first-order chi connectivity index (χ1) is 9.98. The minimum atomic E-state index is -3.08. The van der Waals surface area contributed by atoms with Crippen molar-refractivity contribution in [2.24, 2.45) is 5.73 Å². The summed E-state index contributed by atoms with van der Waals surface area (Å²) >= 11 is 0. The predicted octanol–water partition coefficient (Wildman–Crippen LogP) is 3.08. The van der Waals surface area contributed by atoms with Crippen molar-refractivity contribution in [2.75, 3.05) is 18.1 Å². The number of ether oxygens (including phenoxy) is 1. The lowest BCUT2D eigenvalue weighted by molar-refractivity contribution is 0.317. The lowest BCUT2D eigenvalue weighted by atomic mass is 10.1. The molecular formula is C16H27NO3S. The van der Waals surface area contributed by atoms with Gasteiger partial charge in [0.25, 0.3) is 0 Å². The molecule has 4 nitrogen and oxygen atoms in total. The van der Waals surface area contributed by atoms with Crippen molar-refractivity contribution in [3.63, 3.8) is 0 Å². The molecule has 0 aliphatic rings. The summed E-state index contributed by atoms with van der Waals surface area (Å²) < 4.78 is 29.5. The standard InChI is InChI=1S/C16H27NO3S/c1-3-5-6-12-21(18,19)13-16(17)14-7-9-15(10-8-14)20-11-4-2/h7-10,16H,3-6,11-13,17H2,1-2H3. The van der Waals surface area contributed by atoms with Gasteiger partial charge < -0.3 is 10.5 Å². The fraction of sp³-hybridized carbons (Fsp3) is 0.625. The fourth-order valence-corrected chi connectivity index (χ4v) is 3.61. The molecule has 1 atom stereocenters. The van der Waals surface area contributed by atoms with Crippen LogP contribution < -0.4 is 10.5 Å². The van der Waals surface area contributed by atoms with Crippen molar-refractivity contribution in [3.05, 3.63) is 29.8 Å². The lowest BCUT2D eigenvalue weighted by Crippen LogP contribution is -2.23. The van der Waals surface area contributed by atoms with Crippen molar-refractivity contribution < 1.29 is 13.2 Å². The van der Waals surface area contributed by atoms with Gasteiger partial charge in [-0.15, -0.1) is 0 Å². The third kappa shape index (κ3) is 6.96. The molecule has 120 valence electrons. The van der Waals surface area contributed by atoms with E-state index in [0.29, 0.717) is 6.61 Å². The fourth-order valence-electron chi connectivity index (χ4n) is 2.06. The SMILES string of the molecule is CCCCCS(=O)(=O)CC(N)c1ccc(OCCC)cc1. The van der Waals surface area contributed by atoms with Crippen molar-refractivity contribution in [3.8, 4) is 5.75 Å². The molecule has 0 aromatic heterocycles. The monoisotopic (exact) mass is 313 g/mol. The Kier molecular flexibility index (Phi) is 7.75. The number of benzene rings is 1. The maximum atomic E-state index is 12.0. The zero-order chi connectivity index (χ0) is 15.7. The predicted molar refractivity (Wildman–Crippen MR) is 87.3 cm³/mol. The van der Waals surface area contributed by atoms with Gasteiger partial charge >= 0.3 is 0 Å². The Bertz CT molecular complexity index is 497. The highest BCUT2D eigenvalue weighted by molar-refractivity contribution is 7.91. The highest BCUT2D eigenvalue weighted by atomic mass is 32.2. The van der Waals surface area contributed by atoms with E-state index < -0.39 is 15.9 Å².